The molecule has 0 bridgehead atoms. The van der Waals surface area contributed by atoms with Gasteiger partial charge in [-0.2, -0.15) is 0 Å². The lowest BCUT2D eigenvalue weighted by molar-refractivity contribution is 0.586. The molecule has 1 unspecified atom stereocenters. The summed E-state index contributed by atoms with van der Waals surface area (Å²) in [7, 11) is 0. The summed E-state index contributed by atoms with van der Waals surface area (Å²) in [5.41, 5.74) is 0. The van der Waals surface area contributed by atoms with Crippen LogP contribution < -0.4 is 0 Å². The van der Waals surface area contributed by atoms with E-state index in [0.717, 1.165) is 4.90 Å². The van der Waals surface area contributed by atoms with Gasteiger partial charge in [0, 0.05) is 0 Å². The van der Waals surface area contributed by atoms with Crippen molar-refractivity contribution in [1.29, 1.82) is 0 Å². The molecule has 0 saturated heterocycles. The van der Waals surface area contributed by atoms with E-state index in [2.05, 4.69) is 4.98 Å². The van der Waals surface area contributed by atoms with Gasteiger partial charge >= 0.3 is 0 Å². The fourth-order valence-electron chi connectivity index (χ4n) is 0.753. The van der Waals surface area contributed by atoms with E-state index in [9.17, 15) is 4.55 Å². The Morgan fingerprint density at radius 2 is 2.17 bits per heavy atom. The van der Waals surface area contributed by atoms with Crippen LogP contribution in [-0.2, 0) is 11.2 Å². The van der Waals surface area contributed by atoms with Gasteiger partial charge in [0.15, 0.2) is 4.90 Å². The summed E-state index contributed by atoms with van der Waals surface area (Å²) in [6.07, 6.45) is 1.55. The molecule has 0 fully saturated rings. The Hall–Kier alpha value is -0.250. The molecule has 0 aliphatic rings. The van der Waals surface area contributed by atoms with Crippen LogP contribution in [0.1, 0.15) is 13.8 Å². The third-order valence-corrected chi connectivity index (χ3v) is 3.15. The molecular formula is C8H10ClNOS. The van der Waals surface area contributed by atoms with Gasteiger partial charge in [-0.1, -0.05) is 11.6 Å². The molecule has 0 N–H and O–H groups in total. The second kappa shape index (κ2) is 4.12. The first kappa shape index (κ1) is 9.84. The highest BCUT2D eigenvalue weighted by molar-refractivity contribution is 7.92. The minimum absolute atomic E-state index is 0.118. The Morgan fingerprint density at radius 3 is 2.58 bits per heavy atom. The Balaban J connectivity index is 2.82. The lowest BCUT2D eigenvalue weighted by Gasteiger charge is -2.12. The molecule has 4 heteroatoms. The summed E-state index contributed by atoms with van der Waals surface area (Å²) in [5.74, 6) is 0. The van der Waals surface area contributed by atoms with E-state index in [0.29, 0.717) is 5.15 Å². The average Bonchev–Trinajstić information content (AvgIpc) is 2.04. The monoisotopic (exact) mass is 203 g/mol. The molecule has 0 radical (unpaired) electrons. The summed E-state index contributed by atoms with van der Waals surface area (Å²) in [6.45, 7) is 3.81. The summed E-state index contributed by atoms with van der Waals surface area (Å²) < 4.78 is 11.5. The van der Waals surface area contributed by atoms with Crippen LogP contribution in [0, 0.1) is 0 Å². The van der Waals surface area contributed by atoms with E-state index in [4.69, 9.17) is 11.6 Å². The molecule has 0 aliphatic carbocycles. The number of hydrogen-bond acceptors (Lipinski definition) is 2. The highest BCUT2D eigenvalue weighted by Crippen LogP contribution is 2.15. The number of aromatic nitrogens is 1. The van der Waals surface area contributed by atoms with Crippen molar-refractivity contribution in [3.8, 4) is 0 Å². The lowest BCUT2D eigenvalue weighted by Crippen LogP contribution is -2.14. The van der Waals surface area contributed by atoms with Gasteiger partial charge in [-0.25, -0.2) is 4.98 Å². The van der Waals surface area contributed by atoms with Gasteiger partial charge in [-0.3, -0.25) is 0 Å². The van der Waals surface area contributed by atoms with E-state index in [1.54, 1.807) is 18.3 Å². The van der Waals surface area contributed by atoms with Gasteiger partial charge in [-0.15, -0.1) is 0 Å². The largest absolute Gasteiger partial charge is 0.611 e. The average molecular weight is 204 g/mol. The fraction of sp³-hybridized carbons (Fsp3) is 0.375. The van der Waals surface area contributed by atoms with Crippen molar-refractivity contribution in [2.24, 2.45) is 0 Å². The summed E-state index contributed by atoms with van der Waals surface area (Å²) in [4.78, 5) is 4.59. The number of pyridine rings is 1. The van der Waals surface area contributed by atoms with Crippen molar-refractivity contribution >= 4 is 22.8 Å². The Morgan fingerprint density at radius 1 is 1.50 bits per heavy atom. The maximum absolute atomic E-state index is 11.5. The zero-order valence-electron chi connectivity index (χ0n) is 6.95. The van der Waals surface area contributed by atoms with Crippen LogP contribution in [0.15, 0.2) is 23.2 Å². The Labute approximate surface area is 80.1 Å². The molecule has 0 aliphatic heterocycles. The molecular weight excluding hydrogens is 194 g/mol. The molecule has 0 aromatic carbocycles. The standard InChI is InChI=1S/C8H10ClNOS/c1-6(2)12(11)7-3-4-8(9)10-5-7/h3-6H,1-2H3. The number of nitrogens with zero attached hydrogens (tertiary/aromatic N) is 1. The molecule has 1 rings (SSSR count). The third-order valence-electron chi connectivity index (χ3n) is 1.36. The van der Waals surface area contributed by atoms with Crippen molar-refractivity contribution in [3.63, 3.8) is 0 Å². The predicted molar refractivity (Wildman–Crippen MR) is 50.8 cm³/mol. The quantitative estimate of drug-likeness (QED) is 0.546. The molecule has 1 atom stereocenters. The Bertz CT molecular complexity index is 250. The second-order valence-corrected chi connectivity index (χ2v) is 5.06. The van der Waals surface area contributed by atoms with Crippen LogP contribution in [0.2, 0.25) is 5.15 Å². The second-order valence-electron chi connectivity index (χ2n) is 2.66. The van der Waals surface area contributed by atoms with Crippen molar-refractivity contribution < 1.29 is 4.55 Å². The topological polar surface area (TPSA) is 36.0 Å². The van der Waals surface area contributed by atoms with E-state index in [1.165, 1.54) is 0 Å². The molecule has 1 aromatic rings. The third kappa shape index (κ3) is 2.37. The smallest absolute Gasteiger partial charge is 0.171 e. The maximum atomic E-state index is 11.5. The van der Waals surface area contributed by atoms with Gasteiger partial charge in [0.1, 0.15) is 10.4 Å². The predicted octanol–water partition coefficient (Wildman–Crippen LogP) is 2.25. The zero-order chi connectivity index (χ0) is 9.14. The molecule has 1 heterocycles. The first-order valence-corrected chi connectivity index (χ1v) is 5.22. The lowest BCUT2D eigenvalue weighted by atomic mass is 10.5. The van der Waals surface area contributed by atoms with Crippen LogP contribution in [0.5, 0.6) is 0 Å². The Kier molecular flexibility index (Phi) is 3.38. The fourth-order valence-corrected chi connectivity index (χ4v) is 1.77. The molecule has 0 amide bonds. The highest BCUT2D eigenvalue weighted by Gasteiger charge is 2.14. The molecule has 2 nitrogen and oxygen atoms in total. The molecule has 12 heavy (non-hydrogen) atoms. The SMILES string of the molecule is CC(C)[S+]([O-])c1ccc(Cl)nc1. The van der Waals surface area contributed by atoms with E-state index in [-0.39, 0.29) is 5.25 Å². The number of hydrogen-bond donors (Lipinski definition) is 0. The highest BCUT2D eigenvalue weighted by atomic mass is 35.5. The number of halogens is 1. The van der Waals surface area contributed by atoms with Crippen molar-refractivity contribution in [2.75, 3.05) is 0 Å². The molecule has 0 spiro atoms. The minimum Gasteiger partial charge on any atom is -0.611 e. The van der Waals surface area contributed by atoms with Crippen molar-refractivity contribution in [3.05, 3.63) is 23.5 Å². The van der Waals surface area contributed by atoms with Gasteiger partial charge in [-0.05, 0) is 37.2 Å². The summed E-state index contributed by atoms with van der Waals surface area (Å²) in [6, 6.07) is 3.39. The van der Waals surface area contributed by atoms with E-state index in [1.807, 2.05) is 13.8 Å². The van der Waals surface area contributed by atoms with Crippen molar-refractivity contribution in [2.45, 2.75) is 24.0 Å². The zero-order valence-corrected chi connectivity index (χ0v) is 8.52. The van der Waals surface area contributed by atoms with Crippen LogP contribution in [0.25, 0.3) is 0 Å². The first-order chi connectivity index (χ1) is 5.61. The van der Waals surface area contributed by atoms with E-state index < -0.39 is 11.2 Å². The first-order valence-electron chi connectivity index (χ1n) is 3.63. The maximum Gasteiger partial charge on any atom is 0.171 e. The van der Waals surface area contributed by atoms with Gasteiger partial charge in [0.25, 0.3) is 0 Å². The van der Waals surface area contributed by atoms with Crippen LogP contribution >= 0.6 is 11.6 Å². The van der Waals surface area contributed by atoms with Gasteiger partial charge in [0.05, 0.1) is 6.20 Å². The molecule has 66 valence electrons. The number of rotatable bonds is 2. The van der Waals surface area contributed by atoms with Gasteiger partial charge < -0.3 is 4.55 Å². The molecule has 0 saturated carbocycles. The van der Waals surface area contributed by atoms with Gasteiger partial charge in [0.2, 0.25) is 0 Å². The summed E-state index contributed by atoms with van der Waals surface area (Å²) in [5, 5.41) is 0.549. The minimum atomic E-state index is -0.965. The van der Waals surface area contributed by atoms with Crippen LogP contribution in [0.3, 0.4) is 0 Å². The normalized spacial score (nSPS) is 13.4. The van der Waals surface area contributed by atoms with Crippen LogP contribution in [0.4, 0.5) is 0 Å². The van der Waals surface area contributed by atoms with E-state index >= 15 is 0 Å². The summed E-state index contributed by atoms with van der Waals surface area (Å²) >= 11 is 4.62. The van der Waals surface area contributed by atoms with Crippen LogP contribution in [-0.4, -0.2) is 14.8 Å². The molecule has 1 aromatic heterocycles. The van der Waals surface area contributed by atoms with Crippen molar-refractivity contribution in [1.82, 2.24) is 4.98 Å².